The van der Waals surface area contributed by atoms with Gasteiger partial charge in [-0.05, 0) is 12.1 Å². The summed E-state index contributed by atoms with van der Waals surface area (Å²) in [6.07, 6.45) is 4.64. The van der Waals surface area contributed by atoms with Crippen LogP contribution in [0, 0.1) is 0 Å². The number of para-hydroxylation sites is 1. The Morgan fingerprint density at radius 3 is 2.80 bits per heavy atom. The van der Waals surface area contributed by atoms with Gasteiger partial charge in [0.1, 0.15) is 0 Å². The third kappa shape index (κ3) is 3.58. The van der Waals surface area contributed by atoms with Crippen LogP contribution in [0.2, 0.25) is 0 Å². The number of aromatic nitrogens is 2. The maximum absolute atomic E-state index is 11.7. The average molecular weight is 295 g/mol. The second-order valence-corrected chi connectivity index (χ2v) is 6.36. The van der Waals surface area contributed by atoms with Gasteiger partial charge in [0.15, 0.2) is 9.84 Å². The van der Waals surface area contributed by atoms with Crippen molar-refractivity contribution >= 4 is 21.2 Å². The van der Waals surface area contributed by atoms with Gasteiger partial charge in [0.05, 0.1) is 35.6 Å². The first-order valence-corrected chi connectivity index (χ1v) is 7.97. The van der Waals surface area contributed by atoms with E-state index in [1.54, 1.807) is 48.5 Å². The molecule has 0 spiro atoms. The molecule has 1 heterocycles. The van der Waals surface area contributed by atoms with E-state index in [9.17, 15) is 8.42 Å². The van der Waals surface area contributed by atoms with Gasteiger partial charge in [-0.15, -0.1) is 0 Å². The van der Waals surface area contributed by atoms with Crippen molar-refractivity contribution in [1.29, 1.82) is 0 Å². The number of rotatable bonds is 6. The number of nitrogens with one attached hydrogen (secondary N) is 1. The van der Waals surface area contributed by atoms with E-state index in [-0.39, 0.29) is 4.90 Å². The van der Waals surface area contributed by atoms with Crippen LogP contribution in [-0.2, 0) is 21.1 Å². The van der Waals surface area contributed by atoms with Crippen molar-refractivity contribution in [3.05, 3.63) is 36.7 Å². The summed E-state index contributed by atoms with van der Waals surface area (Å²) >= 11 is 0. The van der Waals surface area contributed by atoms with Crippen molar-refractivity contribution in [2.24, 2.45) is 0 Å². The average Bonchev–Trinajstić information content (AvgIpc) is 2.83. The Morgan fingerprint density at radius 1 is 1.35 bits per heavy atom. The molecule has 1 N–H and O–H groups in total. The molecule has 0 unspecified atom stereocenters. The SMILES string of the molecule is COCCn1cc(Nc2ccccc2S(C)(=O)=O)cn1. The van der Waals surface area contributed by atoms with E-state index >= 15 is 0 Å². The van der Waals surface area contributed by atoms with Gasteiger partial charge in [-0.2, -0.15) is 5.10 Å². The highest BCUT2D eigenvalue weighted by Gasteiger charge is 2.12. The molecule has 0 aliphatic heterocycles. The lowest BCUT2D eigenvalue weighted by Gasteiger charge is -2.08. The van der Waals surface area contributed by atoms with Crippen LogP contribution in [0.5, 0.6) is 0 Å². The van der Waals surface area contributed by atoms with E-state index in [4.69, 9.17) is 4.74 Å². The Morgan fingerprint density at radius 2 is 2.10 bits per heavy atom. The van der Waals surface area contributed by atoms with Gasteiger partial charge in [0.2, 0.25) is 0 Å². The van der Waals surface area contributed by atoms with Crippen LogP contribution < -0.4 is 5.32 Å². The summed E-state index contributed by atoms with van der Waals surface area (Å²) < 4.78 is 30.1. The fourth-order valence-corrected chi connectivity index (χ4v) is 2.63. The summed E-state index contributed by atoms with van der Waals surface area (Å²) in [4.78, 5) is 0.268. The van der Waals surface area contributed by atoms with Crippen LogP contribution in [0.4, 0.5) is 11.4 Å². The molecule has 0 fully saturated rings. The number of anilines is 2. The Kier molecular flexibility index (Phi) is 4.41. The zero-order valence-electron chi connectivity index (χ0n) is 11.4. The highest BCUT2D eigenvalue weighted by Crippen LogP contribution is 2.24. The molecular weight excluding hydrogens is 278 g/mol. The summed E-state index contributed by atoms with van der Waals surface area (Å²) in [6, 6.07) is 6.78. The fourth-order valence-electron chi connectivity index (χ4n) is 1.78. The second kappa shape index (κ2) is 6.06. The predicted octanol–water partition coefficient (Wildman–Crippen LogP) is 1.68. The molecule has 0 bridgehead atoms. The maximum atomic E-state index is 11.7. The largest absolute Gasteiger partial charge is 0.383 e. The van der Waals surface area contributed by atoms with Gasteiger partial charge in [-0.3, -0.25) is 4.68 Å². The number of benzene rings is 1. The smallest absolute Gasteiger partial charge is 0.177 e. The Balaban J connectivity index is 2.20. The topological polar surface area (TPSA) is 73.2 Å². The van der Waals surface area contributed by atoms with Crippen LogP contribution in [0.15, 0.2) is 41.6 Å². The molecule has 0 saturated carbocycles. The summed E-state index contributed by atoms with van der Waals surface area (Å²) in [7, 11) is -1.64. The van der Waals surface area contributed by atoms with E-state index in [0.29, 0.717) is 18.8 Å². The predicted molar refractivity (Wildman–Crippen MR) is 76.9 cm³/mol. The summed E-state index contributed by atoms with van der Waals surface area (Å²) in [5, 5.41) is 7.24. The quantitative estimate of drug-likeness (QED) is 0.877. The zero-order chi connectivity index (χ0) is 14.6. The molecule has 0 amide bonds. The number of methoxy groups -OCH3 is 1. The molecule has 0 aliphatic rings. The van der Waals surface area contributed by atoms with Crippen molar-refractivity contribution < 1.29 is 13.2 Å². The minimum atomic E-state index is -3.27. The first kappa shape index (κ1) is 14.5. The fraction of sp³-hybridized carbons (Fsp3) is 0.308. The van der Waals surface area contributed by atoms with Crippen molar-refractivity contribution in [3.63, 3.8) is 0 Å². The molecule has 0 radical (unpaired) electrons. The maximum Gasteiger partial charge on any atom is 0.177 e. The molecule has 108 valence electrons. The number of hydrogen-bond donors (Lipinski definition) is 1. The number of hydrogen-bond acceptors (Lipinski definition) is 5. The lowest BCUT2D eigenvalue weighted by Crippen LogP contribution is -2.04. The normalized spacial score (nSPS) is 11.5. The van der Waals surface area contributed by atoms with Crippen molar-refractivity contribution in [2.75, 3.05) is 25.3 Å². The first-order valence-electron chi connectivity index (χ1n) is 6.08. The van der Waals surface area contributed by atoms with Gasteiger partial charge < -0.3 is 10.1 Å². The lowest BCUT2D eigenvalue weighted by atomic mass is 10.3. The van der Waals surface area contributed by atoms with E-state index in [2.05, 4.69) is 10.4 Å². The van der Waals surface area contributed by atoms with Gasteiger partial charge >= 0.3 is 0 Å². The second-order valence-electron chi connectivity index (χ2n) is 4.38. The van der Waals surface area contributed by atoms with Crippen molar-refractivity contribution in [2.45, 2.75) is 11.4 Å². The third-order valence-corrected chi connectivity index (χ3v) is 3.88. The van der Waals surface area contributed by atoms with Crippen LogP contribution in [0.25, 0.3) is 0 Å². The van der Waals surface area contributed by atoms with E-state index < -0.39 is 9.84 Å². The first-order chi connectivity index (χ1) is 9.50. The highest BCUT2D eigenvalue weighted by molar-refractivity contribution is 7.90. The zero-order valence-corrected chi connectivity index (χ0v) is 12.2. The lowest BCUT2D eigenvalue weighted by molar-refractivity contribution is 0.183. The third-order valence-electron chi connectivity index (χ3n) is 2.72. The molecule has 6 nitrogen and oxygen atoms in total. The molecule has 0 saturated heterocycles. The number of sulfone groups is 1. The van der Waals surface area contributed by atoms with E-state index in [1.165, 1.54) is 6.26 Å². The molecule has 1 aromatic carbocycles. The molecule has 0 atom stereocenters. The van der Waals surface area contributed by atoms with Gasteiger partial charge in [0.25, 0.3) is 0 Å². The Bertz CT molecular complexity index is 680. The number of ether oxygens (including phenoxy) is 1. The molecule has 20 heavy (non-hydrogen) atoms. The number of nitrogens with zero attached hydrogens (tertiary/aromatic N) is 2. The molecule has 2 aromatic rings. The van der Waals surface area contributed by atoms with Crippen LogP contribution in [-0.4, -0.2) is 38.2 Å². The van der Waals surface area contributed by atoms with Gasteiger partial charge in [0, 0.05) is 19.6 Å². The van der Waals surface area contributed by atoms with Gasteiger partial charge in [-0.25, -0.2) is 8.42 Å². The molecule has 1 aromatic heterocycles. The van der Waals surface area contributed by atoms with E-state index in [1.807, 2.05) is 0 Å². The molecule has 0 aliphatic carbocycles. The van der Waals surface area contributed by atoms with Crippen LogP contribution >= 0.6 is 0 Å². The molecular formula is C13H17N3O3S. The molecule has 2 rings (SSSR count). The summed E-state index contributed by atoms with van der Waals surface area (Å²) in [5.74, 6) is 0. The summed E-state index contributed by atoms with van der Waals surface area (Å²) in [6.45, 7) is 1.22. The van der Waals surface area contributed by atoms with Crippen LogP contribution in [0.3, 0.4) is 0 Å². The van der Waals surface area contributed by atoms with Gasteiger partial charge in [-0.1, -0.05) is 12.1 Å². The minimum Gasteiger partial charge on any atom is -0.383 e. The van der Waals surface area contributed by atoms with Crippen molar-refractivity contribution in [3.8, 4) is 0 Å². The monoisotopic (exact) mass is 295 g/mol. The standard InChI is InChI=1S/C13H17N3O3S/c1-19-8-7-16-10-11(9-14-16)15-12-5-3-4-6-13(12)20(2,17)18/h3-6,9-10,15H,7-8H2,1-2H3. The highest BCUT2D eigenvalue weighted by atomic mass is 32.2. The minimum absolute atomic E-state index is 0.268. The Labute approximate surface area is 118 Å². The molecule has 7 heteroatoms. The van der Waals surface area contributed by atoms with Crippen molar-refractivity contribution in [1.82, 2.24) is 9.78 Å². The van der Waals surface area contributed by atoms with Crippen LogP contribution in [0.1, 0.15) is 0 Å². The Hall–Kier alpha value is -1.86. The van der Waals surface area contributed by atoms with E-state index in [0.717, 1.165) is 5.69 Å². The summed E-state index contributed by atoms with van der Waals surface area (Å²) in [5.41, 5.74) is 1.28.